The van der Waals surface area contributed by atoms with E-state index < -0.39 is 0 Å². The first-order valence-electron chi connectivity index (χ1n) is 6.33. The molecule has 0 aliphatic carbocycles. The summed E-state index contributed by atoms with van der Waals surface area (Å²) in [5.41, 5.74) is 0. The van der Waals surface area contributed by atoms with Gasteiger partial charge < -0.3 is 10.1 Å². The summed E-state index contributed by atoms with van der Waals surface area (Å²) in [4.78, 5) is 11.4. The lowest BCUT2D eigenvalue weighted by molar-refractivity contribution is 0.200. The summed E-state index contributed by atoms with van der Waals surface area (Å²) in [5, 5.41) is 2.75. The maximum absolute atomic E-state index is 11.4. The minimum Gasteiger partial charge on any atom is -0.410 e. The number of ether oxygens (including phenoxy) is 1. The van der Waals surface area contributed by atoms with Gasteiger partial charge in [-0.15, -0.1) is 0 Å². The van der Waals surface area contributed by atoms with Crippen molar-refractivity contribution in [3.63, 3.8) is 0 Å². The molecule has 1 amide bonds. The second-order valence-electron chi connectivity index (χ2n) is 4.04. The maximum Gasteiger partial charge on any atom is 0.412 e. The topological polar surface area (TPSA) is 38.3 Å². The number of carbonyl (C=O) groups is 1. The molecule has 0 fully saturated rings. The third-order valence-corrected chi connectivity index (χ3v) is 2.50. The zero-order chi connectivity index (χ0) is 12.3. The number of nitrogens with one attached hydrogen (secondary N) is 1. The van der Waals surface area contributed by atoms with E-state index in [9.17, 15) is 4.79 Å². The van der Waals surface area contributed by atoms with E-state index in [4.69, 9.17) is 4.74 Å². The normalized spacial score (nSPS) is 9.94. The molecule has 0 aliphatic heterocycles. The molecule has 1 aromatic carbocycles. The minimum absolute atomic E-state index is 0.369. The number of benzene rings is 1. The van der Waals surface area contributed by atoms with Gasteiger partial charge in [-0.1, -0.05) is 50.8 Å². The zero-order valence-corrected chi connectivity index (χ0v) is 10.4. The number of carbonyl (C=O) groups excluding carboxylic acids is 1. The molecule has 0 unspecified atom stereocenters. The number of hydrogen-bond acceptors (Lipinski definition) is 2. The van der Waals surface area contributed by atoms with E-state index in [1.807, 2.05) is 18.2 Å². The highest BCUT2D eigenvalue weighted by Crippen LogP contribution is 2.08. The lowest BCUT2D eigenvalue weighted by atomic mass is 10.1. The minimum atomic E-state index is -0.369. The van der Waals surface area contributed by atoms with Crippen molar-refractivity contribution >= 4 is 6.09 Å². The Labute approximate surface area is 103 Å². The van der Waals surface area contributed by atoms with Gasteiger partial charge in [0.25, 0.3) is 0 Å². The van der Waals surface area contributed by atoms with Gasteiger partial charge in [0, 0.05) is 6.54 Å². The van der Waals surface area contributed by atoms with E-state index >= 15 is 0 Å². The quantitative estimate of drug-likeness (QED) is 0.731. The van der Waals surface area contributed by atoms with Crippen LogP contribution in [-0.4, -0.2) is 12.6 Å². The number of amides is 1. The van der Waals surface area contributed by atoms with Crippen LogP contribution in [0.25, 0.3) is 0 Å². The summed E-state index contributed by atoms with van der Waals surface area (Å²) in [6.45, 7) is 2.88. The zero-order valence-electron chi connectivity index (χ0n) is 10.4. The fraction of sp³-hybridized carbons (Fsp3) is 0.500. The largest absolute Gasteiger partial charge is 0.412 e. The van der Waals surface area contributed by atoms with Crippen molar-refractivity contribution in [2.75, 3.05) is 6.54 Å². The first-order chi connectivity index (χ1) is 8.33. The van der Waals surface area contributed by atoms with Gasteiger partial charge in [0.2, 0.25) is 0 Å². The molecule has 0 radical (unpaired) electrons. The Morgan fingerprint density at radius 1 is 1.12 bits per heavy atom. The van der Waals surface area contributed by atoms with Gasteiger partial charge in [-0.25, -0.2) is 4.79 Å². The van der Waals surface area contributed by atoms with Crippen molar-refractivity contribution < 1.29 is 9.53 Å². The molecule has 3 heteroatoms. The van der Waals surface area contributed by atoms with Crippen LogP contribution in [0.4, 0.5) is 4.79 Å². The van der Waals surface area contributed by atoms with Gasteiger partial charge in [0.05, 0.1) is 0 Å². The average Bonchev–Trinajstić information content (AvgIpc) is 2.35. The van der Waals surface area contributed by atoms with E-state index in [2.05, 4.69) is 12.2 Å². The Morgan fingerprint density at radius 3 is 2.53 bits per heavy atom. The molecule has 94 valence electrons. The van der Waals surface area contributed by atoms with Gasteiger partial charge in [0.1, 0.15) is 5.75 Å². The van der Waals surface area contributed by atoms with Crippen LogP contribution in [0, 0.1) is 0 Å². The Kier molecular flexibility index (Phi) is 6.87. The van der Waals surface area contributed by atoms with Crippen LogP contribution < -0.4 is 10.1 Å². The van der Waals surface area contributed by atoms with Gasteiger partial charge in [0.15, 0.2) is 0 Å². The maximum atomic E-state index is 11.4. The first kappa shape index (κ1) is 13.6. The molecular weight excluding hydrogens is 214 g/mol. The summed E-state index contributed by atoms with van der Waals surface area (Å²) < 4.78 is 5.09. The number of unbranched alkanes of at least 4 members (excludes halogenated alkanes) is 4. The number of rotatable bonds is 7. The lowest BCUT2D eigenvalue weighted by Crippen LogP contribution is -2.27. The van der Waals surface area contributed by atoms with E-state index in [0.29, 0.717) is 12.3 Å². The molecule has 0 saturated carbocycles. The van der Waals surface area contributed by atoms with Crippen molar-refractivity contribution in [1.29, 1.82) is 0 Å². The molecule has 0 bridgehead atoms. The molecule has 0 saturated heterocycles. The van der Waals surface area contributed by atoms with Crippen molar-refractivity contribution in [2.45, 2.75) is 39.0 Å². The molecule has 0 atom stereocenters. The first-order valence-corrected chi connectivity index (χ1v) is 6.33. The summed E-state index contributed by atoms with van der Waals surface area (Å²) in [6.07, 6.45) is 5.57. The monoisotopic (exact) mass is 235 g/mol. The van der Waals surface area contributed by atoms with E-state index in [0.717, 1.165) is 6.42 Å². The van der Waals surface area contributed by atoms with Crippen LogP contribution in [0.5, 0.6) is 5.75 Å². The average molecular weight is 235 g/mol. The number of para-hydroxylation sites is 1. The molecule has 0 aromatic heterocycles. The van der Waals surface area contributed by atoms with E-state index in [1.165, 1.54) is 25.7 Å². The summed E-state index contributed by atoms with van der Waals surface area (Å²) in [6, 6.07) is 9.10. The fourth-order valence-electron chi connectivity index (χ4n) is 1.55. The Morgan fingerprint density at radius 2 is 1.82 bits per heavy atom. The SMILES string of the molecule is CCCCCCCNC(=O)Oc1ccccc1. The van der Waals surface area contributed by atoms with Crippen LogP contribution in [0.1, 0.15) is 39.0 Å². The summed E-state index contributed by atoms with van der Waals surface area (Å²) in [5.74, 6) is 0.580. The van der Waals surface area contributed by atoms with E-state index in [-0.39, 0.29) is 6.09 Å². The fourth-order valence-corrected chi connectivity index (χ4v) is 1.55. The Hall–Kier alpha value is -1.51. The van der Waals surface area contributed by atoms with Crippen LogP contribution in [0.2, 0.25) is 0 Å². The predicted octanol–water partition coefficient (Wildman–Crippen LogP) is 3.75. The van der Waals surface area contributed by atoms with Crippen LogP contribution in [0.3, 0.4) is 0 Å². The standard InChI is InChI=1S/C14H21NO2/c1-2-3-4-5-9-12-15-14(16)17-13-10-7-6-8-11-13/h6-8,10-11H,2-5,9,12H2,1H3,(H,15,16). The van der Waals surface area contributed by atoms with Crippen molar-refractivity contribution in [3.8, 4) is 5.75 Å². The Balaban J connectivity index is 2.06. The van der Waals surface area contributed by atoms with E-state index in [1.54, 1.807) is 12.1 Å². The van der Waals surface area contributed by atoms with Crippen molar-refractivity contribution in [2.24, 2.45) is 0 Å². The molecule has 0 aliphatic rings. The highest BCUT2D eigenvalue weighted by molar-refractivity contribution is 5.70. The molecule has 0 heterocycles. The molecular formula is C14H21NO2. The third-order valence-electron chi connectivity index (χ3n) is 2.50. The summed E-state index contributed by atoms with van der Waals surface area (Å²) in [7, 11) is 0. The second-order valence-corrected chi connectivity index (χ2v) is 4.04. The van der Waals surface area contributed by atoms with Crippen molar-refractivity contribution in [3.05, 3.63) is 30.3 Å². The third kappa shape index (κ3) is 6.61. The van der Waals surface area contributed by atoms with Gasteiger partial charge >= 0.3 is 6.09 Å². The highest BCUT2D eigenvalue weighted by Gasteiger charge is 2.01. The van der Waals surface area contributed by atoms with Crippen LogP contribution in [0.15, 0.2) is 30.3 Å². The lowest BCUT2D eigenvalue weighted by Gasteiger charge is -2.06. The molecule has 1 rings (SSSR count). The predicted molar refractivity (Wildman–Crippen MR) is 69.2 cm³/mol. The molecule has 1 aromatic rings. The van der Waals surface area contributed by atoms with Crippen LogP contribution >= 0.6 is 0 Å². The van der Waals surface area contributed by atoms with Gasteiger partial charge in [-0.05, 0) is 18.6 Å². The van der Waals surface area contributed by atoms with Gasteiger partial charge in [-0.2, -0.15) is 0 Å². The van der Waals surface area contributed by atoms with Crippen LogP contribution in [-0.2, 0) is 0 Å². The van der Waals surface area contributed by atoms with Crippen molar-refractivity contribution in [1.82, 2.24) is 5.32 Å². The molecule has 1 N–H and O–H groups in total. The Bertz CT molecular complexity index is 311. The summed E-state index contributed by atoms with van der Waals surface area (Å²) >= 11 is 0. The highest BCUT2D eigenvalue weighted by atomic mass is 16.5. The molecule has 17 heavy (non-hydrogen) atoms. The molecule has 0 spiro atoms. The smallest absolute Gasteiger partial charge is 0.410 e. The van der Waals surface area contributed by atoms with Gasteiger partial charge in [-0.3, -0.25) is 0 Å². The second kappa shape index (κ2) is 8.62. The number of hydrogen-bond donors (Lipinski definition) is 1. The molecule has 3 nitrogen and oxygen atoms in total.